The Morgan fingerprint density at radius 1 is 1.60 bits per heavy atom. The Labute approximate surface area is 60.3 Å². The van der Waals surface area contributed by atoms with Gasteiger partial charge in [0.15, 0.2) is 0 Å². The Morgan fingerprint density at radius 2 is 2.40 bits per heavy atom. The quantitative estimate of drug-likeness (QED) is 0.516. The van der Waals surface area contributed by atoms with Crippen molar-refractivity contribution in [3.05, 3.63) is 0 Å². The average Bonchev–Trinajstić information content (AvgIpc) is 1.88. The van der Waals surface area contributed by atoms with Crippen molar-refractivity contribution < 1.29 is 14.3 Å². The highest BCUT2D eigenvalue weighted by Gasteiger charge is 2.15. The fourth-order valence-corrected chi connectivity index (χ4v) is 0.989. The zero-order chi connectivity index (χ0) is 7.40. The molecule has 3 heteroatoms. The molecule has 0 unspecified atom stereocenters. The highest BCUT2D eigenvalue weighted by atomic mass is 16.7. The van der Waals surface area contributed by atoms with Crippen LogP contribution in [0.1, 0.15) is 26.2 Å². The number of hydrogen-bond acceptors (Lipinski definition) is 3. The van der Waals surface area contributed by atoms with Crippen molar-refractivity contribution >= 4 is 5.97 Å². The molecular weight excluding hydrogens is 132 g/mol. The van der Waals surface area contributed by atoms with Gasteiger partial charge in [-0.05, 0) is 12.8 Å². The number of ether oxygens (including phenoxy) is 2. The zero-order valence-corrected chi connectivity index (χ0v) is 6.13. The molecule has 1 fully saturated rings. The van der Waals surface area contributed by atoms with E-state index in [1.165, 1.54) is 6.92 Å². The van der Waals surface area contributed by atoms with Crippen LogP contribution in [0.4, 0.5) is 0 Å². The minimum atomic E-state index is -0.272. The molecule has 58 valence electrons. The summed E-state index contributed by atoms with van der Waals surface area (Å²) < 4.78 is 9.98. The third-order valence-electron chi connectivity index (χ3n) is 1.44. The Kier molecular flexibility index (Phi) is 2.68. The largest absolute Gasteiger partial charge is 0.436 e. The smallest absolute Gasteiger partial charge is 0.304 e. The van der Waals surface area contributed by atoms with Crippen LogP contribution in [-0.2, 0) is 14.3 Å². The Bertz CT molecular complexity index is 116. The van der Waals surface area contributed by atoms with Crippen molar-refractivity contribution in [2.24, 2.45) is 0 Å². The molecule has 0 aromatic rings. The molecule has 0 aliphatic carbocycles. The maximum absolute atomic E-state index is 10.4. The summed E-state index contributed by atoms with van der Waals surface area (Å²) in [5, 5.41) is 0. The topological polar surface area (TPSA) is 35.5 Å². The van der Waals surface area contributed by atoms with Crippen molar-refractivity contribution in [2.45, 2.75) is 32.5 Å². The summed E-state index contributed by atoms with van der Waals surface area (Å²) in [7, 11) is 0. The lowest BCUT2D eigenvalue weighted by Crippen LogP contribution is -2.24. The lowest BCUT2D eigenvalue weighted by molar-refractivity contribution is -0.184. The number of rotatable bonds is 1. The first kappa shape index (κ1) is 7.54. The van der Waals surface area contributed by atoms with Gasteiger partial charge in [-0.25, -0.2) is 0 Å². The van der Waals surface area contributed by atoms with Gasteiger partial charge in [-0.3, -0.25) is 4.79 Å². The highest BCUT2D eigenvalue weighted by Crippen LogP contribution is 2.13. The molecule has 1 rings (SSSR count). The van der Waals surface area contributed by atoms with Crippen molar-refractivity contribution in [2.75, 3.05) is 6.61 Å². The van der Waals surface area contributed by atoms with Gasteiger partial charge in [0.2, 0.25) is 6.29 Å². The molecule has 0 saturated carbocycles. The molecule has 0 spiro atoms. The molecule has 10 heavy (non-hydrogen) atoms. The van der Waals surface area contributed by atoms with Crippen LogP contribution in [0.5, 0.6) is 0 Å². The molecule has 1 aliphatic heterocycles. The minimum absolute atomic E-state index is 0.257. The molecule has 0 aromatic heterocycles. The van der Waals surface area contributed by atoms with Gasteiger partial charge in [0.1, 0.15) is 0 Å². The third-order valence-corrected chi connectivity index (χ3v) is 1.44. The van der Waals surface area contributed by atoms with Gasteiger partial charge in [-0.1, -0.05) is 0 Å². The van der Waals surface area contributed by atoms with E-state index in [1.54, 1.807) is 0 Å². The zero-order valence-electron chi connectivity index (χ0n) is 6.13. The van der Waals surface area contributed by atoms with Gasteiger partial charge < -0.3 is 9.47 Å². The summed E-state index contributed by atoms with van der Waals surface area (Å²) in [6, 6.07) is 0. The third kappa shape index (κ3) is 2.35. The molecular formula is C7H12O3. The Balaban J connectivity index is 2.19. The maximum atomic E-state index is 10.4. The summed E-state index contributed by atoms with van der Waals surface area (Å²) in [5.74, 6) is -0.257. The highest BCUT2D eigenvalue weighted by molar-refractivity contribution is 5.66. The van der Waals surface area contributed by atoms with Gasteiger partial charge in [-0.15, -0.1) is 0 Å². The van der Waals surface area contributed by atoms with E-state index in [1.807, 2.05) is 0 Å². The SMILES string of the molecule is CC(=O)O[C@H]1CCCCO1. The van der Waals surface area contributed by atoms with Crippen LogP contribution < -0.4 is 0 Å². The van der Waals surface area contributed by atoms with Crippen molar-refractivity contribution in [3.8, 4) is 0 Å². The van der Waals surface area contributed by atoms with E-state index in [4.69, 9.17) is 9.47 Å². The van der Waals surface area contributed by atoms with E-state index in [9.17, 15) is 4.79 Å². The molecule has 1 heterocycles. The van der Waals surface area contributed by atoms with E-state index in [-0.39, 0.29) is 12.3 Å². The Hall–Kier alpha value is -0.570. The first-order chi connectivity index (χ1) is 4.79. The molecule has 0 aromatic carbocycles. The fourth-order valence-electron chi connectivity index (χ4n) is 0.989. The predicted octanol–water partition coefficient (Wildman–Crippen LogP) is 1.08. The summed E-state index contributed by atoms with van der Waals surface area (Å²) in [5.41, 5.74) is 0. The van der Waals surface area contributed by atoms with E-state index in [2.05, 4.69) is 0 Å². The Morgan fingerprint density at radius 3 is 2.90 bits per heavy atom. The molecule has 0 bridgehead atoms. The van der Waals surface area contributed by atoms with Gasteiger partial charge in [0.25, 0.3) is 0 Å². The summed E-state index contributed by atoms with van der Waals surface area (Å²) in [6.07, 6.45) is 2.75. The minimum Gasteiger partial charge on any atom is -0.436 e. The average molecular weight is 144 g/mol. The fraction of sp³-hybridized carbons (Fsp3) is 0.857. The van der Waals surface area contributed by atoms with E-state index in [0.717, 1.165) is 25.9 Å². The van der Waals surface area contributed by atoms with Crippen molar-refractivity contribution in [1.82, 2.24) is 0 Å². The van der Waals surface area contributed by atoms with Crippen LogP contribution in [0.3, 0.4) is 0 Å². The first-order valence-electron chi connectivity index (χ1n) is 3.58. The van der Waals surface area contributed by atoms with E-state index >= 15 is 0 Å². The van der Waals surface area contributed by atoms with Gasteiger partial charge >= 0.3 is 5.97 Å². The number of carbonyl (C=O) groups excluding carboxylic acids is 1. The second kappa shape index (κ2) is 3.56. The van der Waals surface area contributed by atoms with Crippen LogP contribution in [0.15, 0.2) is 0 Å². The molecule has 1 atom stereocenters. The van der Waals surface area contributed by atoms with Gasteiger partial charge in [-0.2, -0.15) is 0 Å². The predicted molar refractivity (Wildman–Crippen MR) is 35.4 cm³/mol. The van der Waals surface area contributed by atoms with E-state index in [0.29, 0.717) is 0 Å². The van der Waals surface area contributed by atoms with Crippen LogP contribution in [0, 0.1) is 0 Å². The van der Waals surface area contributed by atoms with Gasteiger partial charge in [0.05, 0.1) is 6.61 Å². The standard InChI is InChI=1S/C7H12O3/c1-6(8)10-7-4-2-3-5-9-7/h7H,2-5H2,1H3/t7-/m0/s1. The monoisotopic (exact) mass is 144 g/mol. The number of hydrogen-bond donors (Lipinski definition) is 0. The molecule has 0 amide bonds. The maximum Gasteiger partial charge on any atom is 0.304 e. The molecule has 3 nitrogen and oxygen atoms in total. The molecule has 1 saturated heterocycles. The normalized spacial score (nSPS) is 25.9. The molecule has 0 radical (unpaired) electrons. The number of esters is 1. The second-order valence-electron chi connectivity index (χ2n) is 2.41. The van der Waals surface area contributed by atoms with Crippen molar-refractivity contribution in [3.63, 3.8) is 0 Å². The van der Waals surface area contributed by atoms with Crippen molar-refractivity contribution in [1.29, 1.82) is 0 Å². The summed E-state index contributed by atoms with van der Waals surface area (Å²) in [4.78, 5) is 10.4. The first-order valence-corrected chi connectivity index (χ1v) is 3.58. The van der Waals surface area contributed by atoms with Crippen LogP contribution in [-0.4, -0.2) is 18.9 Å². The number of carbonyl (C=O) groups is 1. The van der Waals surface area contributed by atoms with Crippen LogP contribution in [0.2, 0.25) is 0 Å². The van der Waals surface area contributed by atoms with Crippen LogP contribution in [0.25, 0.3) is 0 Å². The van der Waals surface area contributed by atoms with Crippen LogP contribution >= 0.6 is 0 Å². The summed E-state index contributed by atoms with van der Waals surface area (Å²) >= 11 is 0. The second-order valence-corrected chi connectivity index (χ2v) is 2.41. The lowest BCUT2D eigenvalue weighted by Gasteiger charge is -2.21. The molecule has 0 N–H and O–H groups in total. The molecule has 1 aliphatic rings. The summed E-state index contributed by atoms with van der Waals surface area (Å²) in [6.45, 7) is 2.12. The van der Waals surface area contributed by atoms with Gasteiger partial charge in [0, 0.05) is 13.3 Å². The lowest BCUT2D eigenvalue weighted by atomic mass is 10.2. The van der Waals surface area contributed by atoms with E-state index < -0.39 is 0 Å².